The fourth-order valence-electron chi connectivity index (χ4n) is 4.02. The number of aromatic nitrogens is 1. The average Bonchev–Trinajstić information content (AvgIpc) is 3.44. The zero-order valence-electron chi connectivity index (χ0n) is 19.3. The molecule has 194 valence electrons. The number of benzene rings is 2. The summed E-state index contributed by atoms with van der Waals surface area (Å²) in [5, 5.41) is 5.26. The number of ether oxygens (including phenoxy) is 1. The summed E-state index contributed by atoms with van der Waals surface area (Å²) in [5.41, 5.74) is 0.640. The highest BCUT2D eigenvalue weighted by atomic mass is 32.2. The molecular formula is C22H25FN4O6S3. The van der Waals surface area contributed by atoms with Gasteiger partial charge in [0.25, 0.3) is 5.91 Å². The summed E-state index contributed by atoms with van der Waals surface area (Å²) in [6.07, 6.45) is 0.767. The summed E-state index contributed by atoms with van der Waals surface area (Å²) in [5.74, 6) is -1.20. The lowest BCUT2D eigenvalue weighted by molar-refractivity contribution is -0.121. The molecule has 3 aromatic rings. The second-order valence-corrected chi connectivity index (χ2v) is 12.5. The van der Waals surface area contributed by atoms with Gasteiger partial charge < -0.3 is 9.30 Å². The molecule has 2 N–H and O–H groups in total. The van der Waals surface area contributed by atoms with Crippen molar-refractivity contribution in [3.8, 4) is 0 Å². The number of nitrogens with two attached hydrogens (primary N) is 1. The topological polar surface area (TPSA) is 141 Å². The number of hydrogen-bond acceptors (Lipinski definition) is 7. The van der Waals surface area contributed by atoms with E-state index in [0.717, 1.165) is 27.8 Å². The molecule has 14 heteroatoms. The summed E-state index contributed by atoms with van der Waals surface area (Å²) in [6.45, 7) is 3.15. The zero-order valence-corrected chi connectivity index (χ0v) is 21.8. The second kappa shape index (κ2) is 10.5. The predicted molar refractivity (Wildman–Crippen MR) is 132 cm³/mol. The third-order valence-electron chi connectivity index (χ3n) is 5.76. The number of hydrogen-bond donors (Lipinski definition) is 1. The smallest absolute Gasteiger partial charge is 0.266 e. The largest absolute Gasteiger partial charge is 0.380 e. The van der Waals surface area contributed by atoms with Crippen molar-refractivity contribution in [2.24, 2.45) is 10.1 Å². The quantitative estimate of drug-likeness (QED) is 0.420. The summed E-state index contributed by atoms with van der Waals surface area (Å²) in [6, 6.07) is 7.80. The van der Waals surface area contributed by atoms with Gasteiger partial charge in [-0.1, -0.05) is 11.3 Å². The molecule has 1 aliphatic heterocycles. The average molecular weight is 557 g/mol. The number of carbonyl (C=O) groups excluding carboxylic acids is 1. The Kier molecular flexibility index (Phi) is 7.73. The van der Waals surface area contributed by atoms with Crippen molar-refractivity contribution in [3.05, 3.63) is 53.1 Å². The maximum atomic E-state index is 13.3. The van der Waals surface area contributed by atoms with Gasteiger partial charge in [0.2, 0.25) is 20.0 Å². The van der Waals surface area contributed by atoms with E-state index in [1.807, 2.05) is 6.92 Å². The summed E-state index contributed by atoms with van der Waals surface area (Å²) in [4.78, 5) is 17.6. The summed E-state index contributed by atoms with van der Waals surface area (Å²) in [7, 11) is -7.96. The Bertz CT molecular complexity index is 1560. The molecule has 2 aromatic carbocycles. The first-order valence-electron chi connectivity index (χ1n) is 11.1. The number of halogens is 1. The maximum Gasteiger partial charge on any atom is 0.266 e. The first kappa shape index (κ1) is 26.6. The van der Waals surface area contributed by atoms with Crippen molar-refractivity contribution in [1.82, 2.24) is 8.87 Å². The molecule has 0 spiro atoms. The number of rotatable bonds is 8. The number of carbonyl (C=O) groups is 1. The first-order chi connectivity index (χ1) is 17.0. The van der Waals surface area contributed by atoms with Gasteiger partial charge in [0, 0.05) is 19.7 Å². The molecule has 4 rings (SSSR count). The first-order valence-corrected chi connectivity index (χ1v) is 14.9. The molecule has 1 saturated heterocycles. The number of sulfonamides is 2. The lowest BCUT2D eigenvalue weighted by Crippen LogP contribution is -2.40. The van der Waals surface area contributed by atoms with Crippen molar-refractivity contribution in [2.75, 3.05) is 19.8 Å². The SMILES string of the molecule is CCOCCn1c(=NC(=O)C2CCCN2S(=O)(=O)c2ccc(F)cc2)sc2cc(S(N)(=O)=O)ccc21. The van der Waals surface area contributed by atoms with E-state index < -0.39 is 37.8 Å². The third kappa shape index (κ3) is 5.43. The highest BCUT2D eigenvalue weighted by Gasteiger charge is 2.39. The second-order valence-electron chi connectivity index (χ2n) is 8.09. The lowest BCUT2D eigenvalue weighted by atomic mass is 10.2. The highest BCUT2D eigenvalue weighted by Crippen LogP contribution is 2.27. The van der Waals surface area contributed by atoms with Gasteiger partial charge in [-0.3, -0.25) is 4.79 Å². The summed E-state index contributed by atoms with van der Waals surface area (Å²) >= 11 is 1.10. The molecule has 0 aliphatic carbocycles. The maximum absolute atomic E-state index is 13.3. The highest BCUT2D eigenvalue weighted by molar-refractivity contribution is 7.89. The fraction of sp³-hybridized carbons (Fsp3) is 0.364. The molecule has 10 nitrogen and oxygen atoms in total. The Labute approximate surface area is 211 Å². The van der Waals surface area contributed by atoms with Crippen molar-refractivity contribution in [3.63, 3.8) is 0 Å². The molecule has 0 bridgehead atoms. The summed E-state index contributed by atoms with van der Waals surface area (Å²) < 4.78 is 72.0. The van der Waals surface area contributed by atoms with E-state index in [1.165, 1.54) is 24.3 Å². The van der Waals surface area contributed by atoms with Crippen LogP contribution >= 0.6 is 11.3 Å². The normalized spacial score (nSPS) is 17.8. The number of nitrogens with zero attached hydrogens (tertiary/aromatic N) is 3. The van der Waals surface area contributed by atoms with Crippen LogP contribution in [-0.4, -0.2) is 57.4 Å². The van der Waals surface area contributed by atoms with Crippen LogP contribution in [0.3, 0.4) is 0 Å². The molecule has 0 saturated carbocycles. The Morgan fingerprint density at radius 3 is 2.53 bits per heavy atom. The van der Waals surface area contributed by atoms with Gasteiger partial charge in [-0.25, -0.2) is 26.4 Å². The van der Waals surface area contributed by atoms with Crippen LogP contribution in [0.15, 0.2) is 57.2 Å². The number of amides is 1. The molecule has 1 unspecified atom stereocenters. The minimum Gasteiger partial charge on any atom is -0.380 e. The van der Waals surface area contributed by atoms with E-state index in [2.05, 4.69) is 4.99 Å². The standard InChI is InChI=1S/C22H25FN4O6S3/c1-2-33-13-12-26-18-10-9-17(35(24,29)30)14-20(18)34-22(26)25-21(28)19-4-3-11-27(19)36(31,32)16-7-5-15(23)6-8-16/h5-10,14,19H,2-4,11-13H2,1H3,(H2,24,29,30). The van der Waals surface area contributed by atoms with Crippen LogP contribution in [0.5, 0.6) is 0 Å². The van der Waals surface area contributed by atoms with Crippen LogP contribution < -0.4 is 9.94 Å². The van der Waals surface area contributed by atoms with Crippen LogP contribution in [0, 0.1) is 5.82 Å². The molecule has 0 radical (unpaired) electrons. The van der Waals surface area contributed by atoms with E-state index in [1.54, 1.807) is 10.6 Å². The van der Waals surface area contributed by atoms with Gasteiger partial charge in [-0.05, 0) is 62.2 Å². The minimum atomic E-state index is -4.03. The fourth-order valence-corrected chi connectivity index (χ4v) is 7.38. The van der Waals surface area contributed by atoms with Crippen LogP contribution in [0.4, 0.5) is 4.39 Å². The van der Waals surface area contributed by atoms with Crippen molar-refractivity contribution in [2.45, 2.75) is 42.1 Å². The van der Waals surface area contributed by atoms with E-state index in [4.69, 9.17) is 9.88 Å². The predicted octanol–water partition coefficient (Wildman–Crippen LogP) is 1.81. The third-order valence-corrected chi connectivity index (χ3v) is 9.64. The van der Waals surface area contributed by atoms with Crippen molar-refractivity contribution in [1.29, 1.82) is 0 Å². The lowest BCUT2D eigenvalue weighted by Gasteiger charge is -2.21. The van der Waals surface area contributed by atoms with Crippen LogP contribution in [0.25, 0.3) is 10.2 Å². The van der Waals surface area contributed by atoms with Crippen molar-refractivity contribution >= 4 is 47.5 Å². The van der Waals surface area contributed by atoms with Gasteiger partial charge in [-0.15, -0.1) is 0 Å². The van der Waals surface area contributed by atoms with Crippen molar-refractivity contribution < 1.29 is 30.8 Å². The molecule has 1 fully saturated rings. The van der Waals surface area contributed by atoms with Crippen LogP contribution in [0.1, 0.15) is 19.8 Å². The van der Waals surface area contributed by atoms with Gasteiger partial charge in [0.1, 0.15) is 11.9 Å². The molecule has 1 atom stereocenters. The molecule has 2 heterocycles. The van der Waals surface area contributed by atoms with Gasteiger partial charge in [0.15, 0.2) is 4.80 Å². The molecule has 1 aliphatic rings. The Morgan fingerprint density at radius 2 is 1.86 bits per heavy atom. The molecule has 1 amide bonds. The Hall–Kier alpha value is -2.49. The van der Waals surface area contributed by atoms with E-state index in [9.17, 15) is 26.0 Å². The molecule has 1 aromatic heterocycles. The van der Waals surface area contributed by atoms with Crippen LogP contribution in [0.2, 0.25) is 0 Å². The van der Waals surface area contributed by atoms with Crippen LogP contribution in [-0.2, 0) is 36.1 Å². The van der Waals surface area contributed by atoms with E-state index in [-0.39, 0.29) is 21.1 Å². The van der Waals surface area contributed by atoms with Gasteiger partial charge in [-0.2, -0.15) is 9.30 Å². The number of primary sulfonamides is 1. The number of fused-ring (bicyclic) bond motifs is 1. The molecule has 36 heavy (non-hydrogen) atoms. The van der Waals surface area contributed by atoms with E-state index >= 15 is 0 Å². The Balaban J connectivity index is 1.73. The zero-order chi connectivity index (χ0) is 26.1. The number of thiazole rings is 1. The van der Waals surface area contributed by atoms with Gasteiger partial charge >= 0.3 is 0 Å². The monoisotopic (exact) mass is 556 g/mol. The minimum absolute atomic E-state index is 0.0709. The molecular weight excluding hydrogens is 531 g/mol. The van der Waals surface area contributed by atoms with Gasteiger partial charge in [0.05, 0.1) is 26.6 Å². The van der Waals surface area contributed by atoms with E-state index in [0.29, 0.717) is 42.8 Å². The Morgan fingerprint density at radius 1 is 1.17 bits per heavy atom.